The first-order valence-corrected chi connectivity index (χ1v) is 7.84. The van der Waals surface area contributed by atoms with Crippen LogP contribution in [0.3, 0.4) is 0 Å². The van der Waals surface area contributed by atoms with E-state index in [4.69, 9.17) is 4.74 Å². The number of ether oxygens (including phenoxy) is 1. The summed E-state index contributed by atoms with van der Waals surface area (Å²) in [6.45, 7) is 1.03. The van der Waals surface area contributed by atoms with Crippen LogP contribution < -0.4 is 4.74 Å². The van der Waals surface area contributed by atoms with Gasteiger partial charge < -0.3 is 9.64 Å². The van der Waals surface area contributed by atoms with Crippen molar-refractivity contribution >= 4 is 30.7 Å². The van der Waals surface area contributed by atoms with Crippen molar-refractivity contribution in [2.75, 3.05) is 13.2 Å². The number of amides is 1. The summed E-state index contributed by atoms with van der Waals surface area (Å²) in [7, 11) is 0. The van der Waals surface area contributed by atoms with Crippen molar-refractivity contribution in [3.63, 3.8) is 0 Å². The Morgan fingerprint density at radius 2 is 2.00 bits per heavy atom. The lowest BCUT2D eigenvalue weighted by Crippen LogP contribution is -2.47. The molecule has 7 heteroatoms. The van der Waals surface area contributed by atoms with Crippen LogP contribution in [0.15, 0.2) is 48.8 Å². The lowest BCUT2D eigenvalue weighted by Gasteiger charge is -2.35. The summed E-state index contributed by atoms with van der Waals surface area (Å²) in [6, 6.07) is 9.71. The zero-order chi connectivity index (χ0) is 16.1. The molecule has 25 heavy (non-hydrogen) atoms. The van der Waals surface area contributed by atoms with Crippen molar-refractivity contribution in [2.24, 2.45) is 0 Å². The van der Waals surface area contributed by atoms with Gasteiger partial charge in [-0.05, 0) is 43.5 Å². The Morgan fingerprint density at radius 3 is 2.72 bits per heavy atom. The maximum Gasteiger partial charge on any atom is 0.257 e. The molecule has 0 N–H and O–H groups in total. The number of hydrogen-bond acceptors (Lipinski definition) is 3. The maximum absolute atomic E-state index is 13.9. The highest BCUT2D eigenvalue weighted by atomic mass is 35.5. The van der Waals surface area contributed by atoms with E-state index < -0.39 is 5.82 Å². The molecule has 136 valence electrons. The van der Waals surface area contributed by atoms with Gasteiger partial charge in [-0.15, -0.1) is 24.8 Å². The number of carbonyl (C=O) groups is 1. The molecule has 2 aromatic rings. The van der Waals surface area contributed by atoms with Crippen LogP contribution in [0.5, 0.6) is 5.75 Å². The van der Waals surface area contributed by atoms with Crippen molar-refractivity contribution in [3.05, 3.63) is 60.2 Å². The second-order valence-electron chi connectivity index (χ2n) is 5.63. The molecule has 4 nitrogen and oxygen atoms in total. The van der Waals surface area contributed by atoms with E-state index in [-0.39, 0.29) is 42.3 Å². The number of benzene rings is 1. The van der Waals surface area contributed by atoms with Gasteiger partial charge >= 0.3 is 0 Å². The molecule has 2 heterocycles. The molecule has 1 unspecified atom stereocenters. The van der Waals surface area contributed by atoms with Crippen LogP contribution in [0.1, 0.15) is 29.6 Å². The number of hydrogen-bond donors (Lipinski definition) is 0. The molecular weight excluding hydrogens is 366 g/mol. The fourth-order valence-corrected chi connectivity index (χ4v) is 2.86. The zero-order valence-corrected chi connectivity index (χ0v) is 15.3. The minimum atomic E-state index is -0.477. The predicted molar refractivity (Wildman–Crippen MR) is 99.3 cm³/mol. The van der Waals surface area contributed by atoms with Crippen molar-refractivity contribution in [1.29, 1.82) is 0 Å². The zero-order valence-electron chi connectivity index (χ0n) is 13.6. The number of piperidine rings is 1. The first kappa shape index (κ1) is 21.2. The van der Waals surface area contributed by atoms with Gasteiger partial charge in [-0.1, -0.05) is 12.1 Å². The average Bonchev–Trinajstić information content (AvgIpc) is 2.61. The second-order valence-corrected chi connectivity index (χ2v) is 5.63. The Hall–Kier alpha value is -1.85. The molecule has 0 aliphatic carbocycles. The highest BCUT2D eigenvalue weighted by Gasteiger charge is 2.29. The molecule has 0 saturated carbocycles. The average molecular weight is 387 g/mol. The molecule has 0 radical (unpaired) electrons. The third-order valence-corrected chi connectivity index (χ3v) is 4.07. The molecular formula is C18H21Cl2FN2O2. The van der Waals surface area contributed by atoms with Crippen molar-refractivity contribution < 1.29 is 13.9 Å². The van der Waals surface area contributed by atoms with Gasteiger partial charge in [-0.2, -0.15) is 0 Å². The Labute approximate surface area is 159 Å². The summed E-state index contributed by atoms with van der Waals surface area (Å²) in [4.78, 5) is 18.4. The van der Waals surface area contributed by atoms with Crippen LogP contribution in [0.25, 0.3) is 0 Å². The van der Waals surface area contributed by atoms with Crippen molar-refractivity contribution in [3.8, 4) is 5.75 Å². The van der Waals surface area contributed by atoms with E-state index in [1.54, 1.807) is 35.5 Å². The number of likely N-dealkylation sites (tertiary alicyclic amines) is 1. The summed E-state index contributed by atoms with van der Waals surface area (Å²) >= 11 is 0. The van der Waals surface area contributed by atoms with Crippen LogP contribution in [-0.2, 0) is 0 Å². The molecule has 0 bridgehead atoms. The molecule has 1 saturated heterocycles. The fourth-order valence-electron chi connectivity index (χ4n) is 2.86. The van der Waals surface area contributed by atoms with E-state index in [1.165, 1.54) is 12.1 Å². The Balaban J connectivity index is 0.00000156. The molecule has 0 spiro atoms. The number of nitrogens with zero attached hydrogens (tertiary/aromatic N) is 2. The molecule has 1 aliphatic heterocycles. The monoisotopic (exact) mass is 386 g/mol. The Morgan fingerprint density at radius 1 is 1.20 bits per heavy atom. The number of halogens is 3. The number of pyridine rings is 1. The van der Waals surface area contributed by atoms with Gasteiger partial charge in [0.1, 0.15) is 18.2 Å². The van der Waals surface area contributed by atoms with E-state index in [9.17, 15) is 9.18 Å². The smallest absolute Gasteiger partial charge is 0.257 e. The fraction of sp³-hybridized carbons (Fsp3) is 0.333. The topological polar surface area (TPSA) is 42.4 Å². The third kappa shape index (κ3) is 5.31. The molecule has 1 fully saturated rings. The van der Waals surface area contributed by atoms with E-state index in [0.29, 0.717) is 18.9 Å². The van der Waals surface area contributed by atoms with E-state index in [0.717, 1.165) is 19.3 Å². The van der Waals surface area contributed by atoms with Crippen LogP contribution >= 0.6 is 24.8 Å². The maximum atomic E-state index is 13.9. The quantitative estimate of drug-likeness (QED) is 0.792. The van der Waals surface area contributed by atoms with Gasteiger partial charge in [0.15, 0.2) is 0 Å². The number of aromatic nitrogens is 1. The molecule has 1 amide bonds. The normalized spacial score (nSPS) is 16.4. The molecule has 1 aliphatic rings. The van der Waals surface area contributed by atoms with Gasteiger partial charge in [-0.25, -0.2) is 4.39 Å². The minimum absolute atomic E-state index is 0. The minimum Gasteiger partial charge on any atom is -0.490 e. The molecule has 1 aromatic heterocycles. The highest BCUT2D eigenvalue weighted by Crippen LogP contribution is 2.22. The summed E-state index contributed by atoms with van der Waals surface area (Å²) in [6.07, 6.45) is 6.17. The van der Waals surface area contributed by atoms with Crippen LogP contribution in [-0.4, -0.2) is 35.0 Å². The first-order chi connectivity index (χ1) is 11.3. The Bertz CT molecular complexity index is 673. The lowest BCUT2D eigenvalue weighted by atomic mass is 10.0. The SMILES string of the molecule is Cl.Cl.O=C(c1ccccc1F)N1CCCCC1COc1cccnc1. The Kier molecular flexibility index (Phi) is 8.66. The third-order valence-electron chi connectivity index (χ3n) is 4.07. The van der Waals surface area contributed by atoms with Gasteiger partial charge in [0, 0.05) is 12.7 Å². The van der Waals surface area contributed by atoms with Gasteiger partial charge in [-0.3, -0.25) is 9.78 Å². The van der Waals surface area contributed by atoms with E-state index in [1.807, 2.05) is 6.07 Å². The van der Waals surface area contributed by atoms with E-state index in [2.05, 4.69) is 4.98 Å². The molecule has 1 atom stereocenters. The molecule has 1 aromatic carbocycles. The number of rotatable bonds is 4. The van der Waals surface area contributed by atoms with Gasteiger partial charge in [0.05, 0.1) is 17.8 Å². The molecule has 3 rings (SSSR count). The van der Waals surface area contributed by atoms with Crippen molar-refractivity contribution in [1.82, 2.24) is 9.88 Å². The lowest BCUT2D eigenvalue weighted by molar-refractivity contribution is 0.0523. The van der Waals surface area contributed by atoms with Crippen LogP contribution in [0.4, 0.5) is 4.39 Å². The van der Waals surface area contributed by atoms with Gasteiger partial charge in [0.25, 0.3) is 5.91 Å². The largest absolute Gasteiger partial charge is 0.490 e. The van der Waals surface area contributed by atoms with Crippen molar-refractivity contribution in [2.45, 2.75) is 25.3 Å². The summed E-state index contributed by atoms with van der Waals surface area (Å²) in [5, 5.41) is 0. The van der Waals surface area contributed by atoms with Gasteiger partial charge in [0.2, 0.25) is 0 Å². The highest BCUT2D eigenvalue weighted by molar-refractivity contribution is 5.94. The predicted octanol–water partition coefficient (Wildman–Crippen LogP) is 4.14. The summed E-state index contributed by atoms with van der Waals surface area (Å²) in [5.41, 5.74) is 0.126. The standard InChI is InChI=1S/C18H19FN2O2.2ClH/c19-17-9-2-1-8-16(17)18(22)21-11-4-3-6-14(21)13-23-15-7-5-10-20-12-15;;/h1-2,5,7-10,12,14H,3-4,6,11,13H2;2*1H. The van der Waals surface area contributed by atoms with Crippen LogP contribution in [0.2, 0.25) is 0 Å². The second kappa shape index (κ2) is 10.2. The van der Waals surface area contributed by atoms with E-state index >= 15 is 0 Å². The summed E-state index contributed by atoms with van der Waals surface area (Å²) in [5.74, 6) is -0.0612. The summed E-state index contributed by atoms with van der Waals surface area (Å²) < 4.78 is 19.6. The number of carbonyl (C=O) groups excluding carboxylic acids is 1. The van der Waals surface area contributed by atoms with Crippen LogP contribution in [0, 0.1) is 5.82 Å². The first-order valence-electron chi connectivity index (χ1n) is 7.84.